The molecule has 4 rings (SSSR count). The average molecular weight is 479 g/mol. The average Bonchev–Trinajstić information content (AvgIpc) is 3.18. The number of hydrogen-bond donors (Lipinski definition) is 1. The fourth-order valence-electron chi connectivity index (χ4n) is 3.97. The lowest BCUT2D eigenvalue weighted by Crippen LogP contribution is -2.47. The third kappa shape index (κ3) is 4.51. The Bertz CT molecular complexity index is 1250. The second-order valence-corrected chi connectivity index (χ2v) is 12.0. The molecule has 0 bridgehead atoms. The van der Waals surface area contributed by atoms with E-state index in [2.05, 4.69) is 10.2 Å². The summed E-state index contributed by atoms with van der Waals surface area (Å²) in [7, 11) is -5.05. The summed E-state index contributed by atoms with van der Waals surface area (Å²) in [6.45, 7) is 2.55. The van der Waals surface area contributed by atoms with Crippen LogP contribution in [0, 0.1) is 0 Å². The molecule has 0 aromatic heterocycles. The third-order valence-corrected chi connectivity index (χ3v) is 8.86. The van der Waals surface area contributed by atoms with Crippen LogP contribution in [-0.4, -0.2) is 78.0 Å². The van der Waals surface area contributed by atoms with Crippen molar-refractivity contribution in [3.8, 4) is 0 Å². The first kappa shape index (κ1) is 22.7. The Morgan fingerprint density at radius 2 is 1.66 bits per heavy atom. The molecule has 32 heavy (non-hydrogen) atoms. The second-order valence-electron chi connectivity index (χ2n) is 8.12. The van der Waals surface area contributed by atoms with Crippen molar-refractivity contribution < 1.29 is 21.6 Å². The largest absolute Gasteiger partial charge is 0.322 e. The van der Waals surface area contributed by atoms with E-state index in [4.69, 9.17) is 0 Å². The van der Waals surface area contributed by atoms with E-state index in [-0.39, 0.29) is 10.8 Å². The Morgan fingerprint density at radius 1 is 0.938 bits per heavy atom. The molecule has 2 aliphatic rings. The van der Waals surface area contributed by atoms with Gasteiger partial charge >= 0.3 is 0 Å². The molecule has 11 heteroatoms. The maximum Gasteiger partial charge on any atom is 0.255 e. The molecule has 2 heterocycles. The highest BCUT2D eigenvalue weighted by Gasteiger charge is 2.28. The molecular formula is C21H26N4O5S2. The quantitative estimate of drug-likeness (QED) is 0.692. The van der Waals surface area contributed by atoms with Gasteiger partial charge in [-0.2, -0.15) is 4.31 Å². The number of nitrogens with zero attached hydrogens (tertiary/aromatic N) is 3. The zero-order chi connectivity index (χ0) is 23.1. The standard InChI is InChI=1S/C21H26N4O5S2/c1-23-10-12-24(13-11-23)32(29,30)19-5-3-4-18(15-19)22-21(26)17-6-7-20-16(14-17)8-9-25(20)31(2,27)28/h3-7,14-15H,8-13H2,1-2H3,(H,22,26). The van der Waals surface area contributed by atoms with E-state index in [1.807, 2.05) is 7.05 Å². The molecule has 2 aromatic rings. The molecule has 9 nitrogen and oxygen atoms in total. The van der Waals surface area contributed by atoms with E-state index in [0.29, 0.717) is 56.1 Å². The topological polar surface area (TPSA) is 107 Å². The molecule has 0 saturated carbocycles. The van der Waals surface area contributed by atoms with Crippen molar-refractivity contribution in [2.45, 2.75) is 11.3 Å². The Balaban J connectivity index is 1.51. The molecule has 0 unspecified atom stereocenters. The summed E-state index contributed by atoms with van der Waals surface area (Å²) in [6.07, 6.45) is 1.69. The number of piperazine rings is 1. The normalized spacial score (nSPS) is 17.9. The van der Waals surface area contributed by atoms with Gasteiger partial charge in [-0.25, -0.2) is 16.8 Å². The smallest absolute Gasteiger partial charge is 0.255 e. The molecule has 1 saturated heterocycles. The minimum atomic E-state index is -3.64. The van der Waals surface area contributed by atoms with Crippen LogP contribution >= 0.6 is 0 Å². The summed E-state index contributed by atoms with van der Waals surface area (Å²) in [4.78, 5) is 15.0. The van der Waals surface area contributed by atoms with Crippen LogP contribution < -0.4 is 9.62 Å². The molecule has 0 atom stereocenters. The number of likely N-dealkylation sites (N-methyl/N-ethyl adjacent to an activating group) is 1. The van der Waals surface area contributed by atoms with Gasteiger partial charge in [0.25, 0.3) is 5.91 Å². The minimum Gasteiger partial charge on any atom is -0.322 e. The third-order valence-electron chi connectivity index (χ3n) is 5.79. The van der Waals surface area contributed by atoms with Gasteiger partial charge < -0.3 is 10.2 Å². The van der Waals surface area contributed by atoms with Gasteiger partial charge in [0, 0.05) is 44.0 Å². The second kappa shape index (κ2) is 8.47. The van der Waals surface area contributed by atoms with Crippen LogP contribution in [0.2, 0.25) is 0 Å². The lowest BCUT2D eigenvalue weighted by molar-refractivity contribution is 0.102. The van der Waals surface area contributed by atoms with Gasteiger partial charge in [0.15, 0.2) is 0 Å². The summed E-state index contributed by atoms with van der Waals surface area (Å²) in [5.41, 5.74) is 2.13. The Kier molecular flexibility index (Phi) is 6.01. The minimum absolute atomic E-state index is 0.137. The van der Waals surface area contributed by atoms with Crippen molar-refractivity contribution >= 4 is 37.3 Å². The van der Waals surface area contributed by atoms with Crippen molar-refractivity contribution in [3.05, 3.63) is 53.6 Å². The Morgan fingerprint density at radius 3 is 2.34 bits per heavy atom. The first-order valence-electron chi connectivity index (χ1n) is 10.3. The molecule has 1 fully saturated rings. The van der Waals surface area contributed by atoms with Crippen LogP contribution in [0.5, 0.6) is 0 Å². The van der Waals surface area contributed by atoms with Crippen LogP contribution in [-0.2, 0) is 26.5 Å². The summed E-state index contributed by atoms with van der Waals surface area (Å²) >= 11 is 0. The van der Waals surface area contributed by atoms with Crippen LogP contribution in [0.1, 0.15) is 15.9 Å². The first-order valence-corrected chi connectivity index (χ1v) is 13.6. The summed E-state index contributed by atoms with van der Waals surface area (Å²) < 4.78 is 52.5. The molecule has 2 aliphatic heterocycles. The van der Waals surface area contributed by atoms with Crippen molar-refractivity contribution in [2.24, 2.45) is 0 Å². The van der Waals surface area contributed by atoms with Crippen molar-refractivity contribution in [2.75, 3.05) is 55.6 Å². The number of rotatable bonds is 5. The number of amides is 1. The number of nitrogens with one attached hydrogen (secondary N) is 1. The molecule has 1 amide bonds. The monoisotopic (exact) mass is 478 g/mol. The van der Waals surface area contributed by atoms with E-state index < -0.39 is 20.0 Å². The lowest BCUT2D eigenvalue weighted by atomic mass is 10.1. The number of carbonyl (C=O) groups excluding carboxylic acids is 1. The predicted molar refractivity (Wildman–Crippen MR) is 123 cm³/mol. The molecule has 1 N–H and O–H groups in total. The van der Waals surface area contributed by atoms with Crippen molar-refractivity contribution in [1.29, 1.82) is 0 Å². The van der Waals surface area contributed by atoms with Crippen LogP contribution in [0.4, 0.5) is 11.4 Å². The van der Waals surface area contributed by atoms with E-state index in [9.17, 15) is 21.6 Å². The zero-order valence-electron chi connectivity index (χ0n) is 18.0. The lowest BCUT2D eigenvalue weighted by Gasteiger charge is -2.31. The fourth-order valence-corrected chi connectivity index (χ4v) is 6.40. The highest BCUT2D eigenvalue weighted by molar-refractivity contribution is 7.92. The van der Waals surface area contributed by atoms with E-state index in [1.54, 1.807) is 30.3 Å². The van der Waals surface area contributed by atoms with Crippen LogP contribution in [0.15, 0.2) is 47.4 Å². The molecule has 172 valence electrons. The predicted octanol–water partition coefficient (Wildman–Crippen LogP) is 1.20. The molecular weight excluding hydrogens is 452 g/mol. The maximum absolute atomic E-state index is 13.0. The molecule has 0 radical (unpaired) electrons. The first-order chi connectivity index (χ1) is 15.1. The summed E-state index contributed by atoms with van der Waals surface area (Å²) in [5.74, 6) is -0.389. The van der Waals surface area contributed by atoms with Gasteiger partial charge in [-0.05, 0) is 55.4 Å². The highest BCUT2D eigenvalue weighted by atomic mass is 32.2. The number of carbonyl (C=O) groups is 1. The summed E-state index contributed by atoms with van der Waals surface area (Å²) in [5, 5.41) is 2.75. The number of benzene rings is 2. The molecule has 0 spiro atoms. The van der Waals surface area contributed by atoms with Crippen LogP contribution in [0.25, 0.3) is 0 Å². The SMILES string of the molecule is CN1CCN(S(=O)(=O)c2cccc(NC(=O)c3ccc4c(c3)CCN4S(C)(=O)=O)c2)CC1. The van der Waals surface area contributed by atoms with Crippen LogP contribution in [0.3, 0.4) is 0 Å². The maximum atomic E-state index is 13.0. The highest BCUT2D eigenvalue weighted by Crippen LogP contribution is 2.31. The van der Waals surface area contributed by atoms with Gasteiger partial charge in [0.05, 0.1) is 16.8 Å². The number of sulfonamides is 2. The van der Waals surface area contributed by atoms with Gasteiger partial charge in [-0.1, -0.05) is 6.07 Å². The van der Waals surface area contributed by atoms with Crippen molar-refractivity contribution in [1.82, 2.24) is 9.21 Å². The Labute approximate surface area is 188 Å². The van der Waals surface area contributed by atoms with Gasteiger partial charge in [-0.15, -0.1) is 0 Å². The molecule has 2 aromatic carbocycles. The number of fused-ring (bicyclic) bond motifs is 1. The zero-order valence-corrected chi connectivity index (χ0v) is 19.6. The fraction of sp³-hybridized carbons (Fsp3) is 0.381. The number of hydrogen-bond acceptors (Lipinski definition) is 6. The van der Waals surface area contributed by atoms with E-state index in [1.165, 1.54) is 20.7 Å². The van der Waals surface area contributed by atoms with E-state index in [0.717, 1.165) is 11.8 Å². The Hall–Kier alpha value is -2.47. The van der Waals surface area contributed by atoms with Gasteiger partial charge in [0.1, 0.15) is 0 Å². The van der Waals surface area contributed by atoms with Gasteiger partial charge in [0.2, 0.25) is 20.0 Å². The van der Waals surface area contributed by atoms with E-state index >= 15 is 0 Å². The van der Waals surface area contributed by atoms with Gasteiger partial charge in [-0.3, -0.25) is 9.10 Å². The molecule has 0 aliphatic carbocycles. The number of anilines is 2. The van der Waals surface area contributed by atoms with Crippen molar-refractivity contribution in [3.63, 3.8) is 0 Å². The summed E-state index contributed by atoms with van der Waals surface area (Å²) in [6, 6.07) is 11.1.